The molecule has 0 saturated heterocycles. The van der Waals surface area contributed by atoms with Gasteiger partial charge >= 0.3 is 12.1 Å². The Balaban J connectivity index is 1.38. The van der Waals surface area contributed by atoms with Crippen molar-refractivity contribution >= 4 is 42.6 Å². The van der Waals surface area contributed by atoms with Crippen LogP contribution in [0.25, 0.3) is 0 Å². The molecule has 3 N–H and O–H groups in total. The highest BCUT2D eigenvalue weighted by Crippen LogP contribution is 2.41. The number of benzene rings is 3. The number of carbonyl (C=O) groups excluding carboxylic acids is 4. The van der Waals surface area contributed by atoms with Crippen LogP contribution in [0.3, 0.4) is 0 Å². The van der Waals surface area contributed by atoms with Crippen molar-refractivity contribution < 1.29 is 33.1 Å². The molecule has 1 aliphatic carbocycles. The Kier molecular flexibility index (Phi) is 12.9. The monoisotopic (exact) mass is 783 g/mol. The fourth-order valence-electron chi connectivity index (χ4n) is 8.30. The Labute approximate surface area is 334 Å². The van der Waals surface area contributed by atoms with Gasteiger partial charge in [-0.2, -0.15) is 0 Å². The van der Waals surface area contributed by atoms with Crippen LogP contribution in [0.4, 0.5) is 4.79 Å². The van der Waals surface area contributed by atoms with E-state index in [0.29, 0.717) is 18.4 Å². The van der Waals surface area contributed by atoms with Gasteiger partial charge in [0, 0.05) is 30.7 Å². The van der Waals surface area contributed by atoms with Gasteiger partial charge in [0.1, 0.15) is 17.2 Å². The van der Waals surface area contributed by atoms with E-state index in [9.17, 15) is 19.2 Å². The summed E-state index contributed by atoms with van der Waals surface area (Å²) in [6, 6.07) is 25.8. The largest absolute Gasteiger partial charge is 0.460 e. The molecule has 1 heterocycles. The third kappa shape index (κ3) is 10.3. The minimum atomic E-state index is -2.85. The van der Waals surface area contributed by atoms with E-state index in [-0.39, 0.29) is 48.4 Å². The molecule has 11 heteroatoms. The van der Waals surface area contributed by atoms with Gasteiger partial charge in [-0.1, -0.05) is 93.6 Å². The van der Waals surface area contributed by atoms with Crippen LogP contribution in [0.2, 0.25) is 5.04 Å². The molecule has 3 amide bonds. The second-order valence-corrected chi connectivity index (χ2v) is 22.7. The minimum Gasteiger partial charge on any atom is -0.460 e. The van der Waals surface area contributed by atoms with Crippen LogP contribution in [0.5, 0.6) is 0 Å². The van der Waals surface area contributed by atoms with Crippen molar-refractivity contribution in [3.63, 3.8) is 0 Å². The average Bonchev–Trinajstić information content (AvgIpc) is 3.41. The number of rotatable bonds is 12. The Hall–Kier alpha value is -4.48. The first-order chi connectivity index (χ1) is 26.2. The van der Waals surface area contributed by atoms with Crippen LogP contribution >= 0.6 is 0 Å². The molecule has 1 fully saturated rings. The molecular formula is C45H61N3O7Si. The third-order valence-electron chi connectivity index (χ3n) is 10.7. The van der Waals surface area contributed by atoms with Crippen molar-refractivity contribution in [3.05, 3.63) is 95.6 Å². The standard InChI is InChI=1S/C45H61N3O7Si/c1-43(2,3)53-39(49)25-24-38(40(46)50)48-29-32-27-30(20-23-36(32)41(48)51)26-31-21-22-33(28-37(31)47-42(52)54-44(4,5)6)55-56(45(7,8)9,34-16-12-10-13-17-34)35-18-14-11-15-19-35/h10-20,23,27,31,33,37-38H,21-22,24-26,28-29H2,1-9H3,(H2,46,50)(H,47,52)/t31-,33+,37+,38+/m1/s1. The lowest BCUT2D eigenvalue weighted by atomic mass is 9.79. The first kappa shape index (κ1) is 42.7. The van der Waals surface area contributed by atoms with E-state index >= 15 is 0 Å². The minimum absolute atomic E-state index is 0.0370. The molecule has 1 aliphatic heterocycles. The fraction of sp³-hybridized carbons (Fsp3) is 0.511. The smallest absolute Gasteiger partial charge is 0.407 e. The van der Waals surface area contributed by atoms with E-state index in [0.717, 1.165) is 24.0 Å². The number of hydrogen-bond donors (Lipinski definition) is 2. The van der Waals surface area contributed by atoms with E-state index in [4.69, 9.17) is 19.6 Å². The average molecular weight is 784 g/mol. The van der Waals surface area contributed by atoms with Gasteiger partial charge in [0.05, 0.1) is 0 Å². The van der Waals surface area contributed by atoms with Crippen molar-refractivity contribution in [2.24, 2.45) is 11.7 Å². The first-order valence-electron chi connectivity index (χ1n) is 19.9. The molecule has 0 bridgehead atoms. The quantitative estimate of drug-likeness (QED) is 0.152. The fourth-order valence-corrected chi connectivity index (χ4v) is 13.0. The molecule has 3 aromatic rings. The van der Waals surface area contributed by atoms with Crippen LogP contribution in [0.1, 0.15) is 116 Å². The van der Waals surface area contributed by atoms with Gasteiger partial charge < -0.3 is 29.9 Å². The maximum absolute atomic E-state index is 13.6. The van der Waals surface area contributed by atoms with E-state index < -0.39 is 43.5 Å². The number of hydrogen-bond acceptors (Lipinski definition) is 7. The lowest BCUT2D eigenvalue weighted by Gasteiger charge is -2.47. The van der Waals surface area contributed by atoms with Gasteiger partial charge in [-0.25, -0.2) is 4.79 Å². The van der Waals surface area contributed by atoms with E-state index in [2.05, 4.69) is 74.6 Å². The molecule has 10 nitrogen and oxygen atoms in total. The van der Waals surface area contributed by atoms with Gasteiger partial charge in [-0.05, 0) is 112 Å². The number of primary amides is 1. The molecule has 0 radical (unpaired) electrons. The zero-order chi connectivity index (χ0) is 41.1. The molecule has 2 aliphatic rings. The van der Waals surface area contributed by atoms with Crippen molar-refractivity contribution in [2.75, 3.05) is 0 Å². The van der Waals surface area contributed by atoms with E-state index in [1.807, 2.05) is 51.1 Å². The van der Waals surface area contributed by atoms with Crippen LogP contribution in [0.15, 0.2) is 78.9 Å². The number of alkyl carbamates (subject to hydrolysis) is 1. The first-order valence-corrected chi connectivity index (χ1v) is 21.8. The van der Waals surface area contributed by atoms with Crippen LogP contribution in [-0.4, -0.2) is 66.5 Å². The SMILES string of the molecule is CC(C)(C)OC(=O)CC[C@@H](C(N)=O)N1Cc2cc(C[C@H]3CC[C@H](O[Si](c4ccccc4)(c4ccccc4)C(C)(C)C)C[C@@H]3NC(=O)OC(C)(C)C)ccc2C1=O. The zero-order valence-corrected chi connectivity index (χ0v) is 35.6. The van der Waals surface area contributed by atoms with Gasteiger partial charge in [0.2, 0.25) is 5.91 Å². The van der Waals surface area contributed by atoms with Gasteiger partial charge in [0.25, 0.3) is 14.2 Å². The molecule has 302 valence electrons. The summed E-state index contributed by atoms with van der Waals surface area (Å²) in [7, 11) is -2.85. The van der Waals surface area contributed by atoms with Gasteiger partial charge in [0.15, 0.2) is 0 Å². The van der Waals surface area contributed by atoms with E-state index in [1.165, 1.54) is 15.3 Å². The van der Waals surface area contributed by atoms with Crippen LogP contribution in [0, 0.1) is 5.92 Å². The Bertz CT molecular complexity index is 1820. The molecule has 3 aromatic carbocycles. The molecule has 56 heavy (non-hydrogen) atoms. The molecule has 5 rings (SSSR count). The predicted molar refractivity (Wildman–Crippen MR) is 221 cm³/mol. The number of nitrogens with two attached hydrogens (primary N) is 1. The number of nitrogens with one attached hydrogen (secondary N) is 1. The van der Waals surface area contributed by atoms with Crippen LogP contribution in [-0.2, 0) is 36.5 Å². The maximum atomic E-state index is 13.6. The maximum Gasteiger partial charge on any atom is 0.407 e. The second-order valence-electron chi connectivity index (χ2n) is 18.4. The number of nitrogens with zero attached hydrogens (tertiary/aromatic N) is 1. The lowest BCUT2D eigenvalue weighted by Crippen LogP contribution is -2.68. The summed E-state index contributed by atoms with van der Waals surface area (Å²) >= 11 is 0. The van der Waals surface area contributed by atoms with Crippen molar-refractivity contribution in [1.82, 2.24) is 10.2 Å². The molecule has 0 spiro atoms. The second kappa shape index (κ2) is 16.9. The number of ether oxygens (including phenoxy) is 2. The lowest BCUT2D eigenvalue weighted by molar-refractivity contribution is -0.155. The number of carbonyl (C=O) groups is 4. The van der Waals surface area contributed by atoms with Crippen molar-refractivity contribution in [2.45, 2.75) is 142 Å². The predicted octanol–water partition coefficient (Wildman–Crippen LogP) is 6.80. The zero-order valence-electron chi connectivity index (χ0n) is 34.6. The summed E-state index contributed by atoms with van der Waals surface area (Å²) in [5.41, 5.74) is 6.80. The molecular weight excluding hydrogens is 723 g/mol. The van der Waals surface area contributed by atoms with E-state index in [1.54, 1.807) is 20.8 Å². The summed E-state index contributed by atoms with van der Waals surface area (Å²) in [4.78, 5) is 53.4. The molecule has 4 atom stereocenters. The third-order valence-corrected chi connectivity index (χ3v) is 15.7. The summed E-state index contributed by atoms with van der Waals surface area (Å²) in [6.45, 7) is 17.9. The number of amides is 3. The molecule has 0 aromatic heterocycles. The Morgan fingerprint density at radius 2 is 1.43 bits per heavy atom. The van der Waals surface area contributed by atoms with Gasteiger partial charge in [-0.3, -0.25) is 14.4 Å². The topological polar surface area (TPSA) is 137 Å². The Morgan fingerprint density at radius 3 is 1.96 bits per heavy atom. The van der Waals surface area contributed by atoms with Crippen LogP contribution < -0.4 is 21.4 Å². The van der Waals surface area contributed by atoms with Gasteiger partial charge in [-0.15, -0.1) is 0 Å². The highest BCUT2D eigenvalue weighted by Gasteiger charge is 2.52. The van der Waals surface area contributed by atoms with Crippen molar-refractivity contribution in [1.29, 1.82) is 0 Å². The summed E-state index contributed by atoms with van der Waals surface area (Å²) < 4.78 is 18.7. The molecule has 1 saturated carbocycles. The normalized spacial score (nSPS) is 19.6. The van der Waals surface area contributed by atoms with Crippen molar-refractivity contribution in [3.8, 4) is 0 Å². The highest BCUT2D eigenvalue weighted by molar-refractivity contribution is 6.99. The number of fused-ring (bicyclic) bond motifs is 1. The summed E-state index contributed by atoms with van der Waals surface area (Å²) in [5.74, 6) is -1.33. The Morgan fingerprint density at radius 1 is 0.839 bits per heavy atom. The molecule has 0 unspecified atom stereocenters. The number of esters is 1. The summed E-state index contributed by atoms with van der Waals surface area (Å²) in [6.07, 6.45) is 2.36. The highest BCUT2D eigenvalue weighted by atomic mass is 28.4. The summed E-state index contributed by atoms with van der Waals surface area (Å²) in [5, 5.41) is 5.46.